The van der Waals surface area contributed by atoms with Crippen LogP contribution in [0.25, 0.3) is 0 Å². The van der Waals surface area contributed by atoms with Crippen LogP contribution in [0.15, 0.2) is 53.4 Å². The summed E-state index contributed by atoms with van der Waals surface area (Å²) in [6.45, 7) is 2.16. The molecule has 1 fully saturated rings. The van der Waals surface area contributed by atoms with Crippen LogP contribution in [-0.4, -0.2) is 58.5 Å². The highest BCUT2D eigenvalue weighted by atomic mass is 32.2. The van der Waals surface area contributed by atoms with Gasteiger partial charge < -0.3 is 15.0 Å². The Labute approximate surface area is 163 Å². The molecule has 2 aromatic rings. The summed E-state index contributed by atoms with van der Waals surface area (Å²) in [5, 5.41) is 2.60. The van der Waals surface area contributed by atoms with Gasteiger partial charge in [-0.15, -0.1) is 0 Å². The van der Waals surface area contributed by atoms with Crippen LogP contribution in [0.3, 0.4) is 0 Å². The Morgan fingerprint density at radius 1 is 1.14 bits per heavy atom. The molecule has 0 saturated carbocycles. The maximum atomic E-state index is 13.5. The molecule has 1 aliphatic heterocycles. The van der Waals surface area contributed by atoms with Crippen molar-refractivity contribution in [1.82, 2.24) is 4.31 Å². The zero-order chi connectivity index (χ0) is 20.1. The van der Waals surface area contributed by atoms with Crippen molar-refractivity contribution in [1.29, 1.82) is 0 Å². The van der Waals surface area contributed by atoms with Crippen LogP contribution in [0.5, 0.6) is 5.75 Å². The molecule has 7 nitrogen and oxygen atoms in total. The molecule has 0 radical (unpaired) electrons. The van der Waals surface area contributed by atoms with Gasteiger partial charge >= 0.3 is 0 Å². The summed E-state index contributed by atoms with van der Waals surface area (Å²) in [4.78, 5) is 13.5. The summed E-state index contributed by atoms with van der Waals surface area (Å²) in [7, 11) is -1.50. The van der Waals surface area contributed by atoms with Crippen molar-refractivity contribution in [2.75, 3.05) is 45.2 Å². The molecule has 0 unspecified atom stereocenters. The van der Waals surface area contributed by atoms with Crippen LogP contribution in [0.1, 0.15) is 0 Å². The maximum Gasteiger partial charge on any atom is 0.262 e. The van der Waals surface area contributed by atoms with E-state index in [1.807, 2.05) is 7.05 Å². The van der Waals surface area contributed by atoms with Crippen LogP contribution in [0.2, 0.25) is 0 Å². The smallest absolute Gasteiger partial charge is 0.262 e. The van der Waals surface area contributed by atoms with Gasteiger partial charge in [-0.25, -0.2) is 12.8 Å². The van der Waals surface area contributed by atoms with Crippen molar-refractivity contribution in [3.05, 3.63) is 54.3 Å². The number of halogens is 1. The molecule has 0 spiro atoms. The second-order valence-corrected chi connectivity index (χ2v) is 8.59. The molecule has 0 aromatic heterocycles. The van der Waals surface area contributed by atoms with Gasteiger partial charge in [0.2, 0.25) is 10.0 Å². The van der Waals surface area contributed by atoms with Gasteiger partial charge in [0, 0.05) is 5.69 Å². The number of hydrogen-bond donors (Lipinski definition) is 2. The summed E-state index contributed by atoms with van der Waals surface area (Å²) in [6.07, 6.45) is 0. The fraction of sp³-hybridized carbons (Fsp3) is 0.316. The van der Waals surface area contributed by atoms with Crippen molar-refractivity contribution in [2.24, 2.45) is 0 Å². The highest BCUT2D eigenvalue weighted by Gasteiger charge is 2.29. The highest BCUT2D eigenvalue weighted by molar-refractivity contribution is 7.89. The normalized spacial score (nSPS) is 15.9. The van der Waals surface area contributed by atoms with E-state index in [2.05, 4.69) is 5.32 Å². The number of rotatable bonds is 6. The second-order valence-electron chi connectivity index (χ2n) is 6.65. The predicted octanol–water partition coefficient (Wildman–Crippen LogP) is 0.362. The summed E-state index contributed by atoms with van der Waals surface area (Å²) in [5.41, 5.74) is 0.434. The molecule has 2 aromatic carbocycles. The molecule has 0 aliphatic carbocycles. The third-order valence-electron chi connectivity index (χ3n) is 4.55. The van der Waals surface area contributed by atoms with Gasteiger partial charge in [0.15, 0.2) is 18.2 Å². The minimum Gasteiger partial charge on any atom is -0.481 e. The Hall–Kier alpha value is -2.49. The average Bonchev–Trinajstić information content (AvgIpc) is 2.68. The predicted molar refractivity (Wildman–Crippen MR) is 102 cm³/mol. The molecule has 2 N–H and O–H groups in total. The van der Waals surface area contributed by atoms with Gasteiger partial charge in [-0.3, -0.25) is 4.79 Å². The number of nitrogens with one attached hydrogen (secondary N) is 2. The summed E-state index contributed by atoms with van der Waals surface area (Å²) in [6, 6.07) is 11.8. The number of quaternary nitrogens is 1. The molecule has 1 heterocycles. The number of benzene rings is 2. The van der Waals surface area contributed by atoms with Gasteiger partial charge in [-0.05, 0) is 36.4 Å². The van der Waals surface area contributed by atoms with Crippen LogP contribution < -0.4 is 15.0 Å². The SMILES string of the molecule is C[NH+]1CCN(S(=O)(=O)c2ccc(NC(=O)COc3ccccc3F)cc2)CC1. The zero-order valence-corrected chi connectivity index (χ0v) is 16.3. The molecule has 9 heteroatoms. The molecule has 1 amide bonds. The van der Waals surface area contributed by atoms with E-state index in [4.69, 9.17) is 4.74 Å². The van der Waals surface area contributed by atoms with Crippen molar-refractivity contribution in [2.45, 2.75) is 4.90 Å². The molecule has 0 atom stereocenters. The van der Waals surface area contributed by atoms with E-state index in [-0.39, 0.29) is 17.3 Å². The standard InChI is InChI=1S/C19H22FN3O4S/c1-22-10-12-23(13-11-22)28(25,26)16-8-6-15(7-9-16)21-19(24)14-27-18-5-3-2-4-17(18)20/h2-9H,10-14H2,1H3,(H,21,24)/p+1. The molecule has 150 valence electrons. The van der Waals surface area contributed by atoms with Crippen molar-refractivity contribution in [3.8, 4) is 5.75 Å². The van der Waals surface area contributed by atoms with Gasteiger partial charge in [0.1, 0.15) is 0 Å². The Bertz CT molecular complexity index is 926. The van der Waals surface area contributed by atoms with Crippen LogP contribution in [0, 0.1) is 5.82 Å². The fourth-order valence-electron chi connectivity index (χ4n) is 2.87. The number of ether oxygens (including phenoxy) is 1. The van der Waals surface area contributed by atoms with Crippen molar-refractivity contribution >= 4 is 21.6 Å². The minimum atomic E-state index is -3.54. The highest BCUT2D eigenvalue weighted by Crippen LogP contribution is 2.19. The van der Waals surface area contributed by atoms with Crippen LogP contribution in [0.4, 0.5) is 10.1 Å². The van der Waals surface area contributed by atoms with E-state index < -0.39 is 21.7 Å². The topological polar surface area (TPSA) is 80.2 Å². The monoisotopic (exact) mass is 408 g/mol. The van der Waals surface area contributed by atoms with Crippen molar-refractivity contribution in [3.63, 3.8) is 0 Å². The van der Waals surface area contributed by atoms with Gasteiger partial charge in [0.25, 0.3) is 5.91 Å². The lowest BCUT2D eigenvalue weighted by atomic mass is 10.3. The average molecular weight is 408 g/mol. The quantitative estimate of drug-likeness (QED) is 0.724. The molecule has 0 bridgehead atoms. The van der Waals surface area contributed by atoms with E-state index in [0.717, 1.165) is 13.1 Å². The molecule has 1 aliphatic rings. The number of amides is 1. The number of likely N-dealkylation sites (N-methyl/N-ethyl adjacent to an activating group) is 1. The van der Waals surface area contributed by atoms with E-state index in [1.54, 1.807) is 6.07 Å². The number of anilines is 1. The van der Waals surface area contributed by atoms with Crippen LogP contribution in [-0.2, 0) is 14.8 Å². The van der Waals surface area contributed by atoms with Crippen LogP contribution >= 0.6 is 0 Å². The summed E-state index contributed by atoms with van der Waals surface area (Å²) >= 11 is 0. The molecular weight excluding hydrogens is 385 g/mol. The summed E-state index contributed by atoms with van der Waals surface area (Å²) < 4.78 is 45.5. The van der Waals surface area contributed by atoms with E-state index in [0.29, 0.717) is 18.8 Å². The Kier molecular flexibility index (Phi) is 6.28. The number of piperazine rings is 1. The first-order valence-electron chi connectivity index (χ1n) is 8.95. The molecule has 1 saturated heterocycles. The van der Waals surface area contributed by atoms with E-state index >= 15 is 0 Å². The zero-order valence-electron chi connectivity index (χ0n) is 15.5. The Balaban J connectivity index is 1.58. The number of sulfonamides is 1. The minimum absolute atomic E-state index is 0.00638. The number of carbonyl (C=O) groups excluding carboxylic acids is 1. The second kappa shape index (κ2) is 8.68. The lowest BCUT2D eigenvalue weighted by Gasteiger charge is -2.29. The largest absolute Gasteiger partial charge is 0.481 e. The molecule has 28 heavy (non-hydrogen) atoms. The molecule has 3 rings (SSSR count). The third-order valence-corrected chi connectivity index (χ3v) is 6.46. The first-order chi connectivity index (χ1) is 13.4. The number of nitrogens with zero attached hydrogens (tertiary/aromatic N) is 1. The van der Waals surface area contributed by atoms with Gasteiger partial charge in [-0.2, -0.15) is 4.31 Å². The lowest BCUT2D eigenvalue weighted by Crippen LogP contribution is -3.12. The maximum absolute atomic E-state index is 13.5. The first-order valence-corrected chi connectivity index (χ1v) is 10.4. The van der Waals surface area contributed by atoms with E-state index in [1.165, 1.54) is 51.7 Å². The first kappa shape index (κ1) is 20.2. The Morgan fingerprint density at radius 2 is 1.79 bits per heavy atom. The van der Waals surface area contributed by atoms with Crippen molar-refractivity contribution < 1.29 is 27.2 Å². The van der Waals surface area contributed by atoms with E-state index in [9.17, 15) is 17.6 Å². The molecular formula is C19H23FN3O4S+. The number of para-hydroxylation sites is 1. The van der Waals surface area contributed by atoms with Gasteiger partial charge in [-0.1, -0.05) is 12.1 Å². The summed E-state index contributed by atoms with van der Waals surface area (Å²) in [5.74, 6) is -1.02. The lowest BCUT2D eigenvalue weighted by molar-refractivity contribution is -0.883. The number of hydrogen-bond acceptors (Lipinski definition) is 4. The fourth-order valence-corrected chi connectivity index (χ4v) is 4.31. The Morgan fingerprint density at radius 3 is 2.43 bits per heavy atom. The number of carbonyl (C=O) groups is 1. The third kappa shape index (κ3) is 4.86. The van der Waals surface area contributed by atoms with Gasteiger partial charge in [0.05, 0.1) is 38.1 Å².